The maximum atomic E-state index is 14.5. The number of anilines is 2. The normalized spacial score (nSPS) is 12.6. The number of nitrogens with one attached hydrogen (secondary N) is 1. The highest BCUT2D eigenvalue weighted by molar-refractivity contribution is 6.07. The summed E-state index contributed by atoms with van der Waals surface area (Å²) in [6, 6.07) is 29.6. The number of esters is 2. The van der Waals surface area contributed by atoms with Crippen LogP contribution >= 0.6 is 0 Å². The van der Waals surface area contributed by atoms with Crippen molar-refractivity contribution in [2.45, 2.75) is 117 Å². The Hall–Kier alpha value is -9.57. The van der Waals surface area contributed by atoms with Crippen LogP contribution in [0.15, 0.2) is 109 Å². The molecule has 0 saturated carbocycles. The van der Waals surface area contributed by atoms with Crippen LogP contribution in [0.2, 0.25) is 0 Å². The second-order valence-electron chi connectivity index (χ2n) is 22.2. The third kappa shape index (κ3) is 15.7. The van der Waals surface area contributed by atoms with Gasteiger partial charge < -0.3 is 46.5 Å². The van der Waals surface area contributed by atoms with Crippen LogP contribution in [0.1, 0.15) is 126 Å². The van der Waals surface area contributed by atoms with Crippen LogP contribution in [0, 0.1) is 23.3 Å². The molecule has 0 aliphatic carbocycles. The van der Waals surface area contributed by atoms with Crippen molar-refractivity contribution in [1.82, 2.24) is 35.1 Å². The summed E-state index contributed by atoms with van der Waals surface area (Å²) in [5.74, 6) is -5.97. The number of fused-ring (bicyclic) bond motifs is 4. The molecule has 18 nitrogen and oxygen atoms in total. The molecule has 0 radical (unpaired) electrons. The Bertz CT molecular complexity index is 3870. The lowest BCUT2D eigenvalue weighted by Gasteiger charge is -2.19. The standard InChI is InChI=1S/C35H37F2N5O5.C30H29F2N5O3/c1-35(2,3)47-34(45)39-14-8-4-5-11-30(43)46-20-24-16-27(36)28(37)17-25(24)21-12-13-29-26(15-21)31(41-33(38)40-29)32(44)42-18-22-9-6-7-10-23(22)19-42;31-24-13-21(17-40-27(38)8-2-1-5-11-33)22(14-25(24)32)18-9-10-26-23(12-18)28(36-30(34)35-26)29(39)37-15-19-6-3-4-7-20(19)16-37/h6-7,9-10,12-13,15-17H,4-5,8,11,14,18-20H2,1-3H3,(H,39,45)(H2,38,40,41);3-4,6-7,9-10,12-14H,1-2,5,8,11,15-17,33H2,(H2,34,35,36). The minimum Gasteiger partial charge on any atom is -0.461 e. The number of benzene rings is 6. The fourth-order valence-corrected chi connectivity index (χ4v) is 10.3. The minimum atomic E-state index is -1.08. The number of hydrogen-bond acceptors (Lipinski definition) is 15. The van der Waals surface area contributed by atoms with Crippen molar-refractivity contribution >= 4 is 63.5 Å². The van der Waals surface area contributed by atoms with Crippen molar-refractivity contribution < 1.29 is 55.7 Å². The van der Waals surface area contributed by atoms with E-state index in [1.54, 1.807) is 67.0 Å². The fourth-order valence-electron chi connectivity index (χ4n) is 10.3. The van der Waals surface area contributed by atoms with Crippen LogP contribution in [0.3, 0.4) is 0 Å². The van der Waals surface area contributed by atoms with E-state index >= 15 is 0 Å². The number of halogens is 4. The summed E-state index contributed by atoms with van der Waals surface area (Å²) >= 11 is 0. The zero-order valence-corrected chi connectivity index (χ0v) is 48.4. The summed E-state index contributed by atoms with van der Waals surface area (Å²) in [6.45, 7) is 7.48. The van der Waals surface area contributed by atoms with Gasteiger partial charge >= 0.3 is 18.0 Å². The number of nitrogen functional groups attached to an aromatic ring is 2. The highest BCUT2D eigenvalue weighted by Gasteiger charge is 2.29. The lowest BCUT2D eigenvalue weighted by atomic mass is 9.97. The van der Waals surface area contributed by atoms with Crippen LogP contribution in [0.5, 0.6) is 0 Å². The van der Waals surface area contributed by atoms with Crippen LogP contribution in [0.4, 0.5) is 34.3 Å². The van der Waals surface area contributed by atoms with Gasteiger partial charge in [0.05, 0.1) is 11.0 Å². The zero-order chi connectivity index (χ0) is 61.9. The number of aromatic nitrogens is 4. The molecule has 2 aliphatic rings. The first-order chi connectivity index (χ1) is 41.7. The van der Waals surface area contributed by atoms with Crippen molar-refractivity contribution in [2.24, 2.45) is 5.73 Å². The maximum absolute atomic E-state index is 14.5. The monoisotopic (exact) mass is 1190 g/mol. The second-order valence-corrected chi connectivity index (χ2v) is 22.2. The summed E-state index contributed by atoms with van der Waals surface area (Å²) in [6.07, 6.45) is 3.90. The number of nitrogens with two attached hydrogens (primary N) is 3. The number of amides is 3. The molecule has 0 spiro atoms. The third-order valence-electron chi connectivity index (χ3n) is 14.6. The van der Waals surface area contributed by atoms with Gasteiger partial charge in [-0.05, 0) is 146 Å². The van der Waals surface area contributed by atoms with Crippen molar-refractivity contribution in [3.8, 4) is 22.3 Å². The molecule has 0 unspecified atom stereocenters. The Morgan fingerprint density at radius 1 is 0.529 bits per heavy atom. The Kier molecular flexibility index (Phi) is 19.7. The number of ether oxygens (including phenoxy) is 3. The van der Waals surface area contributed by atoms with Gasteiger partial charge in [-0.25, -0.2) is 42.3 Å². The van der Waals surface area contributed by atoms with Gasteiger partial charge in [0.2, 0.25) is 11.9 Å². The van der Waals surface area contributed by atoms with Gasteiger partial charge in [0.15, 0.2) is 23.3 Å². The van der Waals surface area contributed by atoms with E-state index in [0.717, 1.165) is 59.4 Å². The quantitative estimate of drug-likeness (QED) is 0.0254. The van der Waals surface area contributed by atoms with Crippen LogP contribution in [-0.2, 0) is 63.2 Å². The number of nitrogens with zero attached hydrogens (tertiary/aromatic N) is 6. The molecule has 22 heteroatoms. The predicted octanol–water partition coefficient (Wildman–Crippen LogP) is 11.3. The van der Waals surface area contributed by atoms with Gasteiger partial charge in [-0.3, -0.25) is 19.2 Å². The molecule has 0 atom stereocenters. The van der Waals surface area contributed by atoms with Gasteiger partial charge in [0.1, 0.15) is 30.2 Å². The lowest BCUT2D eigenvalue weighted by Crippen LogP contribution is -2.32. The van der Waals surface area contributed by atoms with E-state index in [4.69, 9.17) is 31.4 Å². The highest BCUT2D eigenvalue weighted by Crippen LogP contribution is 2.35. The van der Waals surface area contributed by atoms with E-state index in [9.17, 15) is 41.5 Å². The lowest BCUT2D eigenvalue weighted by molar-refractivity contribution is -0.146. The molecule has 87 heavy (non-hydrogen) atoms. The first kappa shape index (κ1) is 62.0. The molecule has 0 saturated heterocycles. The maximum Gasteiger partial charge on any atom is 0.407 e. The van der Waals surface area contributed by atoms with E-state index in [0.29, 0.717) is 103 Å². The Balaban J connectivity index is 0.000000210. The number of rotatable bonds is 19. The van der Waals surface area contributed by atoms with Gasteiger partial charge in [-0.2, -0.15) is 0 Å². The van der Waals surface area contributed by atoms with Crippen LogP contribution in [0.25, 0.3) is 44.1 Å². The molecular formula is C65H66F4N10O8. The molecule has 2 aliphatic heterocycles. The predicted molar refractivity (Wildman–Crippen MR) is 318 cm³/mol. The fraction of sp³-hybridized carbons (Fsp3) is 0.308. The second kappa shape index (κ2) is 27.6. The van der Waals surface area contributed by atoms with Crippen molar-refractivity contribution in [1.29, 1.82) is 0 Å². The summed E-state index contributed by atoms with van der Waals surface area (Å²) in [4.78, 5) is 84.1. The van der Waals surface area contributed by atoms with E-state index in [2.05, 4.69) is 25.3 Å². The van der Waals surface area contributed by atoms with E-state index in [1.807, 2.05) is 48.5 Å². The summed E-state index contributed by atoms with van der Waals surface area (Å²) in [7, 11) is 0. The molecule has 2 aromatic heterocycles. The smallest absolute Gasteiger partial charge is 0.407 e. The van der Waals surface area contributed by atoms with Crippen LogP contribution in [-0.4, -0.2) is 78.3 Å². The number of carbonyl (C=O) groups excluding carboxylic acids is 5. The SMILES string of the molecule is CC(C)(C)OC(=O)NCCCCCC(=O)OCc1cc(F)c(F)cc1-c1ccc2nc(N)nc(C(=O)N3Cc4ccccc4C3)c2c1.NCCCCCC(=O)OCc1cc(F)c(F)cc1-c1ccc2nc(N)nc(C(=O)N3Cc4ccccc4C3)c2c1. The summed E-state index contributed by atoms with van der Waals surface area (Å²) < 4.78 is 73.5. The van der Waals surface area contributed by atoms with Crippen molar-refractivity contribution in [3.05, 3.63) is 177 Å². The average Bonchev–Trinajstić information content (AvgIpc) is 2.94. The van der Waals surface area contributed by atoms with Crippen molar-refractivity contribution in [3.63, 3.8) is 0 Å². The molecule has 0 bridgehead atoms. The molecule has 10 rings (SSSR count). The van der Waals surface area contributed by atoms with E-state index in [1.165, 1.54) is 0 Å². The topological polar surface area (TPSA) is 261 Å². The zero-order valence-electron chi connectivity index (χ0n) is 48.4. The first-order valence-electron chi connectivity index (χ1n) is 28.5. The minimum absolute atomic E-state index is 0.0489. The van der Waals surface area contributed by atoms with Crippen molar-refractivity contribution in [2.75, 3.05) is 24.6 Å². The molecule has 3 amide bonds. The molecular weight excluding hydrogens is 1120 g/mol. The summed E-state index contributed by atoms with van der Waals surface area (Å²) in [5.41, 5.74) is 24.1. The van der Waals surface area contributed by atoms with Crippen LogP contribution < -0.4 is 22.5 Å². The number of alkyl carbamates (subject to hydrolysis) is 1. The Labute approximate surface area is 499 Å². The van der Waals surface area contributed by atoms with E-state index < -0.39 is 46.9 Å². The third-order valence-corrected chi connectivity index (χ3v) is 14.6. The van der Waals surface area contributed by atoms with Gasteiger partial charge in [0, 0.05) is 67.5 Å². The molecule has 7 N–H and O–H groups in total. The average molecular weight is 1190 g/mol. The molecule has 0 fully saturated rings. The number of carbonyl (C=O) groups is 5. The molecule has 6 aromatic carbocycles. The first-order valence-corrected chi connectivity index (χ1v) is 28.5. The molecule has 4 heterocycles. The van der Waals surface area contributed by atoms with E-state index in [-0.39, 0.29) is 77.8 Å². The molecule has 452 valence electrons. The number of hydrogen-bond donors (Lipinski definition) is 4. The van der Waals surface area contributed by atoms with Gasteiger partial charge in [0.25, 0.3) is 11.8 Å². The van der Waals surface area contributed by atoms with Gasteiger partial charge in [-0.1, -0.05) is 73.5 Å². The Morgan fingerprint density at radius 2 is 0.931 bits per heavy atom. The number of unbranched alkanes of at least 4 members (excludes halogenated alkanes) is 4. The highest BCUT2D eigenvalue weighted by atomic mass is 19.2. The Morgan fingerprint density at radius 3 is 1.33 bits per heavy atom. The summed E-state index contributed by atoms with van der Waals surface area (Å²) in [5, 5.41) is 3.48. The largest absolute Gasteiger partial charge is 0.461 e. The van der Waals surface area contributed by atoms with Gasteiger partial charge in [-0.15, -0.1) is 0 Å². The molecule has 8 aromatic rings.